The van der Waals surface area contributed by atoms with Gasteiger partial charge < -0.3 is 60.3 Å². The summed E-state index contributed by atoms with van der Waals surface area (Å²) in [5, 5.41) is 37.1. The normalized spacial score (nSPS) is 32.3. The number of allylic oxidation sites excluding steroid dienone is 2. The molecule has 0 aromatic rings. The molecule has 2 aliphatic heterocycles. The van der Waals surface area contributed by atoms with Crippen molar-refractivity contribution in [3.05, 3.63) is 58.5 Å². The zero-order valence-corrected chi connectivity index (χ0v) is 30.7. The molecule has 8 atom stereocenters. The second-order valence-corrected chi connectivity index (χ2v) is 13.4. The van der Waals surface area contributed by atoms with E-state index in [2.05, 4.69) is 15.5 Å². The van der Waals surface area contributed by atoms with Gasteiger partial charge in [-0.2, -0.15) is 0 Å². The number of hydrogen-bond donors (Lipinski definition) is 6. The monoisotopic (exact) mass is 734 g/mol. The summed E-state index contributed by atoms with van der Waals surface area (Å²) in [6.45, 7) is 9.82. The van der Waals surface area contributed by atoms with E-state index < -0.39 is 66.9 Å². The summed E-state index contributed by atoms with van der Waals surface area (Å²) in [4.78, 5) is 51.7. The number of amides is 2. The van der Waals surface area contributed by atoms with Crippen LogP contribution in [0.1, 0.15) is 53.4 Å². The Morgan fingerprint density at radius 1 is 1.02 bits per heavy atom. The topological polar surface area (TPSA) is 228 Å². The number of ether oxygens (including phenoxy) is 5. The minimum Gasteiger partial charge on any atom is -0.450 e. The van der Waals surface area contributed by atoms with Crippen molar-refractivity contribution in [2.75, 3.05) is 40.4 Å². The molecule has 2 heterocycles. The molecule has 1 saturated heterocycles. The van der Waals surface area contributed by atoms with E-state index in [0.717, 1.165) is 25.9 Å². The van der Waals surface area contributed by atoms with E-state index >= 15 is 0 Å². The molecule has 0 radical (unpaired) electrons. The molecule has 3 rings (SSSR count). The van der Waals surface area contributed by atoms with Gasteiger partial charge >= 0.3 is 18.4 Å². The predicted octanol–water partition coefficient (Wildman–Crippen LogP) is 3.44. The number of aliphatic hydroxyl groups is 1. The molecule has 290 valence electrons. The number of nitrogens with one attached hydrogen (secondary N) is 2. The standard InChI is InChI=1S/C36H54N4O12/c1-20-16-24-29(38-12-15-40-13-7-8-14-40)27(50-35(44)45)19-25(32(24)52-36(46)47)39-33(42)21(2)10-9-11-26(48-5)31(51-34(37)43)23(4)18-22(3)30(41)28(17-20)49-6/h9-11,18-20,22,26-28,30-32,38,41H,7-8,12-17H2,1-6H3,(H2,37,43)(H,39,42)(H,44,45)(H,46,47)/b11-9+,21-10-,23-18+/t20-,22+,26+,27?,28+,30-,31+,32?/m1/s1. The molecule has 0 aromatic carbocycles. The van der Waals surface area contributed by atoms with Gasteiger partial charge in [-0.25, -0.2) is 14.4 Å². The van der Waals surface area contributed by atoms with Crippen LogP contribution in [-0.2, 0) is 28.5 Å². The zero-order chi connectivity index (χ0) is 38.5. The molecular weight excluding hydrogens is 680 g/mol. The van der Waals surface area contributed by atoms with Gasteiger partial charge in [0.15, 0.2) is 18.3 Å². The number of methoxy groups -OCH3 is 2. The Balaban J connectivity index is 2.17. The van der Waals surface area contributed by atoms with Crippen molar-refractivity contribution in [3.63, 3.8) is 0 Å². The van der Waals surface area contributed by atoms with E-state index in [0.29, 0.717) is 29.9 Å². The van der Waals surface area contributed by atoms with Crippen LogP contribution in [0.4, 0.5) is 14.4 Å². The summed E-state index contributed by atoms with van der Waals surface area (Å²) in [6.07, 6.45) is -0.154. The smallest absolute Gasteiger partial charge is 0.450 e. The van der Waals surface area contributed by atoms with Crippen molar-refractivity contribution < 1.29 is 58.2 Å². The Morgan fingerprint density at radius 3 is 2.29 bits per heavy atom. The van der Waals surface area contributed by atoms with Crippen LogP contribution in [-0.4, -0.2) is 122 Å². The minimum atomic E-state index is -1.61. The maximum Gasteiger partial charge on any atom is 0.506 e. The van der Waals surface area contributed by atoms with Crippen molar-refractivity contribution in [1.29, 1.82) is 0 Å². The van der Waals surface area contributed by atoms with Crippen LogP contribution in [0.5, 0.6) is 0 Å². The van der Waals surface area contributed by atoms with Gasteiger partial charge in [0.25, 0.3) is 5.91 Å². The summed E-state index contributed by atoms with van der Waals surface area (Å²) in [5.74, 6) is -1.45. The van der Waals surface area contributed by atoms with E-state index in [1.165, 1.54) is 39.4 Å². The summed E-state index contributed by atoms with van der Waals surface area (Å²) in [5.41, 5.74) is 6.77. The Kier molecular flexibility index (Phi) is 16.2. The number of nitrogens with two attached hydrogens (primary N) is 1. The largest absolute Gasteiger partial charge is 0.506 e. The van der Waals surface area contributed by atoms with E-state index in [1.807, 2.05) is 6.92 Å². The number of primary amides is 1. The van der Waals surface area contributed by atoms with Crippen LogP contribution in [0.15, 0.2) is 58.5 Å². The van der Waals surface area contributed by atoms with Gasteiger partial charge in [-0.05, 0) is 75.8 Å². The minimum absolute atomic E-state index is 0.0259. The number of likely N-dealkylation sites (tertiary alicyclic amines) is 1. The number of carbonyl (C=O) groups is 4. The zero-order valence-electron chi connectivity index (χ0n) is 30.7. The van der Waals surface area contributed by atoms with Crippen LogP contribution in [0.3, 0.4) is 0 Å². The molecule has 2 bridgehead atoms. The molecule has 2 unspecified atom stereocenters. The molecule has 0 saturated carbocycles. The second-order valence-electron chi connectivity index (χ2n) is 13.4. The maximum atomic E-state index is 13.5. The summed E-state index contributed by atoms with van der Waals surface area (Å²) >= 11 is 0. The molecule has 1 fully saturated rings. The fourth-order valence-electron chi connectivity index (χ4n) is 6.81. The third-order valence-corrected chi connectivity index (χ3v) is 9.43. The van der Waals surface area contributed by atoms with E-state index in [-0.39, 0.29) is 30.0 Å². The molecule has 3 aliphatic rings. The number of fused-ring (bicyclic) bond motifs is 2. The highest BCUT2D eigenvalue weighted by Gasteiger charge is 2.38. The van der Waals surface area contributed by atoms with Gasteiger partial charge in [0, 0.05) is 38.8 Å². The number of carboxylic acid groups (broad SMARTS) is 2. The molecular formula is C36H54N4O12. The van der Waals surface area contributed by atoms with Crippen molar-refractivity contribution in [3.8, 4) is 0 Å². The van der Waals surface area contributed by atoms with E-state index in [1.54, 1.807) is 26.0 Å². The van der Waals surface area contributed by atoms with Crippen molar-refractivity contribution in [2.24, 2.45) is 17.6 Å². The Morgan fingerprint density at radius 2 is 1.69 bits per heavy atom. The first-order valence-corrected chi connectivity index (χ1v) is 17.4. The average Bonchev–Trinajstić information content (AvgIpc) is 3.59. The fraction of sp³-hybridized carbons (Fsp3) is 0.611. The number of carbonyl (C=O) groups excluding carboxylic acids is 2. The number of rotatable bonds is 9. The van der Waals surface area contributed by atoms with Crippen LogP contribution >= 0.6 is 0 Å². The van der Waals surface area contributed by atoms with Crippen molar-refractivity contribution in [2.45, 2.75) is 90.0 Å². The van der Waals surface area contributed by atoms with Crippen LogP contribution in [0.2, 0.25) is 0 Å². The van der Waals surface area contributed by atoms with Gasteiger partial charge in [-0.1, -0.05) is 38.2 Å². The van der Waals surface area contributed by atoms with Crippen LogP contribution in [0.25, 0.3) is 0 Å². The lowest BCUT2D eigenvalue weighted by Crippen LogP contribution is -2.44. The number of aliphatic hydroxyl groups excluding tert-OH is 1. The van der Waals surface area contributed by atoms with Gasteiger partial charge in [-0.15, -0.1) is 0 Å². The highest BCUT2D eigenvalue weighted by atomic mass is 16.7. The summed E-state index contributed by atoms with van der Waals surface area (Å²) in [7, 11) is 2.88. The lowest BCUT2D eigenvalue weighted by molar-refractivity contribution is -0.117. The second kappa shape index (κ2) is 20.0. The molecule has 0 aromatic heterocycles. The lowest BCUT2D eigenvalue weighted by atomic mass is 9.84. The lowest BCUT2D eigenvalue weighted by Gasteiger charge is -2.35. The SMILES string of the molecule is CO[C@H]1/C=C/C=C(/C)C(=O)NC2=CC(OC(=O)O)C(NCCN3CCCC3)=C(C[C@@H](C)C[C@H](OC)[C@H](O)[C@@H](C)/C=C(\C)[C@@H]1OC(N)=O)C2OC(=O)O. The first-order chi connectivity index (χ1) is 24.6. The van der Waals surface area contributed by atoms with Crippen LogP contribution < -0.4 is 16.4 Å². The van der Waals surface area contributed by atoms with Crippen molar-refractivity contribution >= 4 is 24.3 Å². The molecule has 52 heavy (non-hydrogen) atoms. The molecule has 16 nitrogen and oxygen atoms in total. The predicted molar refractivity (Wildman–Crippen MR) is 189 cm³/mol. The molecule has 1 aliphatic carbocycles. The Hall–Kier alpha value is -4.38. The highest BCUT2D eigenvalue weighted by molar-refractivity contribution is 5.94. The summed E-state index contributed by atoms with van der Waals surface area (Å²) in [6, 6.07) is 0. The van der Waals surface area contributed by atoms with Gasteiger partial charge in [0.2, 0.25) is 0 Å². The third kappa shape index (κ3) is 12.1. The molecule has 2 amide bonds. The average molecular weight is 735 g/mol. The first-order valence-electron chi connectivity index (χ1n) is 17.4. The van der Waals surface area contributed by atoms with E-state index in [4.69, 9.17) is 29.4 Å². The van der Waals surface area contributed by atoms with Gasteiger partial charge in [0.1, 0.15) is 6.10 Å². The molecule has 16 heteroatoms. The Bertz CT molecular complexity index is 1430. The van der Waals surface area contributed by atoms with E-state index in [9.17, 15) is 34.5 Å². The molecule has 0 spiro atoms. The molecule has 7 N–H and O–H groups in total. The number of hydrogen-bond acceptors (Lipinski definition) is 12. The fourth-order valence-corrected chi connectivity index (χ4v) is 6.81. The maximum absolute atomic E-state index is 13.5. The summed E-state index contributed by atoms with van der Waals surface area (Å²) < 4.78 is 27.5. The Labute approximate surface area is 304 Å². The van der Waals surface area contributed by atoms with Gasteiger partial charge in [-0.3, -0.25) is 4.79 Å². The number of nitrogens with zero attached hydrogens (tertiary/aromatic N) is 1. The van der Waals surface area contributed by atoms with Crippen molar-refractivity contribution in [1.82, 2.24) is 15.5 Å². The highest BCUT2D eigenvalue weighted by Crippen LogP contribution is 2.34. The quantitative estimate of drug-likeness (QED) is 0.113. The van der Waals surface area contributed by atoms with Gasteiger partial charge in [0.05, 0.1) is 23.6 Å². The van der Waals surface area contributed by atoms with Crippen LogP contribution in [0, 0.1) is 11.8 Å². The first kappa shape index (κ1) is 42.0. The third-order valence-electron chi connectivity index (χ3n) is 9.43.